The summed E-state index contributed by atoms with van der Waals surface area (Å²) in [5.74, 6) is -0.751. The van der Waals surface area contributed by atoms with Crippen molar-refractivity contribution in [1.29, 1.82) is 0 Å². The van der Waals surface area contributed by atoms with Crippen molar-refractivity contribution < 1.29 is 31.4 Å². The zero-order chi connectivity index (χ0) is 22.6. The second-order valence-electron chi connectivity index (χ2n) is 7.59. The Labute approximate surface area is 179 Å². The maximum atomic E-state index is 12.9. The fourth-order valence-electron chi connectivity index (χ4n) is 3.62. The average molecular weight is 459 g/mol. The van der Waals surface area contributed by atoms with Crippen LogP contribution in [0.5, 0.6) is 5.75 Å². The van der Waals surface area contributed by atoms with Gasteiger partial charge in [0.25, 0.3) is 0 Å². The lowest BCUT2D eigenvalue weighted by Crippen LogP contribution is -2.39. The van der Waals surface area contributed by atoms with E-state index in [0.717, 1.165) is 17.7 Å². The number of likely N-dealkylation sites (tertiary alicyclic amines) is 1. The molecule has 10 heteroatoms. The highest BCUT2D eigenvalue weighted by Gasteiger charge is 2.32. The van der Waals surface area contributed by atoms with Crippen molar-refractivity contribution in [1.82, 2.24) is 9.21 Å². The average Bonchev–Trinajstić information content (AvgIpc) is 3.12. The maximum Gasteiger partial charge on any atom is 0.573 e. The SMILES string of the molecule is CN(C[C@@H](c1ccccc1)N1CC[C@H](O)C1)S(=O)(=O)Cc1ccc(OC(F)(F)F)cc1. The number of nitrogens with zero attached hydrogens (tertiary/aromatic N) is 2. The molecule has 1 saturated heterocycles. The highest BCUT2D eigenvalue weighted by atomic mass is 32.2. The Morgan fingerprint density at radius 2 is 1.81 bits per heavy atom. The smallest absolute Gasteiger partial charge is 0.406 e. The number of ether oxygens (including phenoxy) is 1. The minimum atomic E-state index is -4.80. The van der Waals surface area contributed by atoms with Crippen LogP contribution in [0, 0.1) is 0 Å². The predicted molar refractivity (Wildman–Crippen MR) is 110 cm³/mol. The minimum Gasteiger partial charge on any atom is -0.406 e. The van der Waals surface area contributed by atoms with Crippen LogP contribution in [0.2, 0.25) is 0 Å². The largest absolute Gasteiger partial charge is 0.573 e. The van der Waals surface area contributed by atoms with Gasteiger partial charge in [-0.15, -0.1) is 13.2 Å². The number of likely N-dealkylation sites (N-methyl/N-ethyl adjacent to an activating group) is 1. The molecule has 1 aliphatic rings. The molecule has 0 aliphatic carbocycles. The Hall–Kier alpha value is -2.14. The molecule has 0 amide bonds. The molecule has 0 saturated carbocycles. The van der Waals surface area contributed by atoms with Crippen molar-refractivity contribution in [2.45, 2.75) is 30.7 Å². The second-order valence-corrected chi connectivity index (χ2v) is 9.67. The quantitative estimate of drug-likeness (QED) is 0.658. The van der Waals surface area contributed by atoms with Crippen LogP contribution < -0.4 is 4.74 Å². The summed E-state index contributed by atoms with van der Waals surface area (Å²) in [6.45, 7) is 1.32. The molecule has 6 nitrogen and oxygen atoms in total. The van der Waals surface area contributed by atoms with Crippen LogP contribution in [-0.4, -0.2) is 61.9 Å². The molecule has 1 heterocycles. The van der Waals surface area contributed by atoms with Crippen LogP contribution in [-0.2, 0) is 15.8 Å². The summed E-state index contributed by atoms with van der Waals surface area (Å²) in [7, 11) is -2.24. The van der Waals surface area contributed by atoms with Gasteiger partial charge in [-0.1, -0.05) is 42.5 Å². The Kier molecular flexibility index (Phi) is 7.25. The molecule has 0 spiro atoms. The summed E-state index contributed by atoms with van der Waals surface area (Å²) in [4.78, 5) is 2.06. The summed E-state index contributed by atoms with van der Waals surface area (Å²) in [6.07, 6.45) is -4.61. The molecule has 0 unspecified atom stereocenters. The second kappa shape index (κ2) is 9.56. The van der Waals surface area contributed by atoms with Crippen molar-refractivity contribution in [3.8, 4) is 5.75 Å². The molecule has 1 N–H and O–H groups in total. The third kappa shape index (κ3) is 6.67. The number of benzene rings is 2. The number of β-amino-alcohol motifs (C(OH)–C–C–N with tert-alkyl or cyclic N) is 1. The molecule has 2 atom stereocenters. The van der Waals surface area contributed by atoms with Gasteiger partial charge in [-0.2, -0.15) is 0 Å². The van der Waals surface area contributed by atoms with Crippen molar-refractivity contribution in [2.24, 2.45) is 0 Å². The van der Waals surface area contributed by atoms with Crippen LogP contribution in [0.1, 0.15) is 23.6 Å². The lowest BCUT2D eigenvalue weighted by Gasteiger charge is -2.31. The van der Waals surface area contributed by atoms with Crippen LogP contribution in [0.4, 0.5) is 13.2 Å². The maximum absolute atomic E-state index is 12.9. The number of rotatable bonds is 8. The third-order valence-corrected chi connectivity index (χ3v) is 7.03. The van der Waals surface area contributed by atoms with E-state index >= 15 is 0 Å². The van der Waals surface area contributed by atoms with Gasteiger partial charge in [-0.25, -0.2) is 12.7 Å². The lowest BCUT2D eigenvalue weighted by atomic mass is 10.1. The van der Waals surface area contributed by atoms with E-state index in [9.17, 15) is 26.7 Å². The first kappa shape index (κ1) is 23.5. The van der Waals surface area contributed by atoms with E-state index in [1.165, 1.54) is 23.5 Å². The fourth-order valence-corrected chi connectivity index (χ4v) is 4.83. The van der Waals surface area contributed by atoms with E-state index in [-0.39, 0.29) is 18.3 Å². The Morgan fingerprint density at radius 3 is 2.35 bits per heavy atom. The third-order valence-electron chi connectivity index (χ3n) is 5.23. The number of halogens is 3. The van der Waals surface area contributed by atoms with Crippen LogP contribution in [0.3, 0.4) is 0 Å². The Bertz CT molecular complexity index is 953. The van der Waals surface area contributed by atoms with E-state index in [4.69, 9.17) is 0 Å². The number of hydrogen-bond donors (Lipinski definition) is 1. The first-order valence-electron chi connectivity index (χ1n) is 9.79. The van der Waals surface area contributed by atoms with Gasteiger partial charge in [-0.05, 0) is 29.7 Å². The number of aliphatic hydroxyl groups is 1. The molecule has 1 fully saturated rings. The molecular formula is C21H25F3N2O4S. The molecule has 1 aliphatic heterocycles. The highest BCUT2D eigenvalue weighted by molar-refractivity contribution is 7.88. The molecular weight excluding hydrogens is 433 g/mol. The molecule has 2 aromatic carbocycles. The van der Waals surface area contributed by atoms with Gasteiger partial charge in [0.05, 0.1) is 11.9 Å². The van der Waals surface area contributed by atoms with E-state index in [0.29, 0.717) is 25.1 Å². The highest BCUT2D eigenvalue weighted by Crippen LogP contribution is 2.28. The summed E-state index contributed by atoms with van der Waals surface area (Å²) < 4.78 is 67.8. The molecule has 170 valence electrons. The topological polar surface area (TPSA) is 70.1 Å². The summed E-state index contributed by atoms with van der Waals surface area (Å²) in [6, 6.07) is 14.1. The molecule has 0 bridgehead atoms. The van der Waals surface area contributed by atoms with Gasteiger partial charge >= 0.3 is 6.36 Å². The molecule has 0 aromatic heterocycles. The van der Waals surface area contributed by atoms with Gasteiger partial charge < -0.3 is 9.84 Å². The Morgan fingerprint density at radius 1 is 1.16 bits per heavy atom. The first-order chi connectivity index (χ1) is 14.5. The Balaban J connectivity index is 1.71. The number of hydrogen-bond acceptors (Lipinski definition) is 5. The number of aliphatic hydroxyl groups excluding tert-OH is 1. The van der Waals surface area contributed by atoms with E-state index in [1.54, 1.807) is 0 Å². The van der Waals surface area contributed by atoms with Crippen LogP contribution in [0.15, 0.2) is 54.6 Å². The van der Waals surface area contributed by atoms with Crippen molar-refractivity contribution in [3.05, 3.63) is 65.7 Å². The molecule has 3 rings (SSSR count). The van der Waals surface area contributed by atoms with E-state index < -0.39 is 28.2 Å². The predicted octanol–water partition coefficient (Wildman–Crippen LogP) is 3.15. The van der Waals surface area contributed by atoms with Crippen molar-refractivity contribution in [3.63, 3.8) is 0 Å². The van der Waals surface area contributed by atoms with E-state index in [1.807, 2.05) is 30.3 Å². The normalized spacial score (nSPS) is 19.0. The molecule has 0 radical (unpaired) electrons. The van der Waals surface area contributed by atoms with Crippen LogP contribution >= 0.6 is 0 Å². The first-order valence-corrected chi connectivity index (χ1v) is 11.4. The standard InChI is InChI=1S/C21H25F3N2O4S/c1-25(14-20(17-5-3-2-4-6-17)26-12-11-18(27)13-26)31(28,29)15-16-7-9-19(10-8-16)30-21(22,23)24/h2-10,18,20,27H,11-15H2,1H3/t18-,20-/m0/s1. The number of sulfonamides is 1. The van der Waals surface area contributed by atoms with Gasteiger partial charge in [0.15, 0.2) is 0 Å². The summed E-state index contributed by atoms with van der Waals surface area (Å²) in [5, 5.41) is 9.92. The fraction of sp³-hybridized carbons (Fsp3) is 0.429. The summed E-state index contributed by atoms with van der Waals surface area (Å²) in [5.41, 5.74) is 1.31. The van der Waals surface area contributed by atoms with Crippen molar-refractivity contribution >= 4 is 10.0 Å². The minimum absolute atomic E-state index is 0.189. The zero-order valence-electron chi connectivity index (χ0n) is 17.0. The number of alkyl halides is 3. The van der Waals surface area contributed by atoms with Gasteiger partial charge in [0, 0.05) is 32.7 Å². The molecule has 31 heavy (non-hydrogen) atoms. The van der Waals surface area contributed by atoms with Crippen molar-refractivity contribution in [2.75, 3.05) is 26.7 Å². The van der Waals surface area contributed by atoms with Gasteiger partial charge in [0.2, 0.25) is 10.0 Å². The lowest BCUT2D eigenvalue weighted by molar-refractivity contribution is -0.274. The zero-order valence-corrected chi connectivity index (χ0v) is 17.8. The van der Waals surface area contributed by atoms with Crippen LogP contribution in [0.25, 0.3) is 0 Å². The van der Waals surface area contributed by atoms with E-state index in [2.05, 4.69) is 9.64 Å². The van der Waals surface area contributed by atoms with Gasteiger partial charge in [0.1, 0.15) is 5.75 Å². The monoisotopic (exact) mass is 458 g/mol. The molecule has 2 aromatic rings. The van der Waals surface area contributed by atoms with Gasteiger partial charge in [-0.3, -0.25) is 4.90 Å². The summed E-state index contributed by atoms with van der Waals surface area (Å²) >= 11 is 0.